The molecule has 1 aliphatic rings. The van der Waals surface area contributed by atoms with Crippen LogP contribution in [0.2, 0.25) is 0 Å². The lowest BCUT2D eigenvalue weighted by atomic mass is 10.0. The van der Waals surface area contributed by atoms with Crippen molar-refractivity contribution in [3.8, 4) is 0 Å². The Bertz CT molecular complexity index is 1780. The Labute approximate surface area is 212 Å². The third-order valence-electron chi connectivity index (χ3n) is 6.24. The van der Waals surface area contributed by atoms with E-state index < -0.39 is 15.6 Å². The minimum atomic E-state index is -3.59. The van der Waals surface area contributed by atoms with Gasteiger partial charge in [-0.15, -0.1) is 5.10 Å². The summed E-state index contributed by atoms with van der Waals surface area (Å²) in [5, 5.41) is 13.2. The first kappa shape index (κ1) is 22.9. The van der Waals surface area contributed by atoms with Gasteiger partial charge < -0.3 is 10.1 Å². The highest BCUT2D eigenvalue weighted by Gasteiger charge is 2.38. The van der Waals surface area contributed by atoms with Gasteiger partial charge in [0.15, 0.2) is 0 Å². The van der Waals surface area contributed by atoms with Crippen molar-refractivity contribution in [3.05, 3.63) is 90.4 Å². The van der Waals surface area contributed by atoms with E-state index in [0.717, 1.165) is 33.7 Å². The van der Waals surface area contributed by atoms with Gasteiger partial charge in [-0.1, -0.05) is 36.4 Å². The molecule has 0 fully saturated rings. The second-order valence-corrected chi connectivity index (χ2v) is 10.9. The van der Waals surface area contributed by atoms with Crippen LogP contribution in [0.5, 0.6) is 0 Å². The summed E-state index contributed by atoms with van der Waals surface area (Å²) < 4.78 is 31.4. The Kier molecular flexibility index (Phi) is 5.30. The van der Waals surface area contributed by atoms with E-state index in [1.54, 1.807) is 6.92 Å². The number of hydrogen-bond donors (Lipinski definition) is 2. The van der Waals surface area contributed by atoms with Gasteiger partial charge in [0.25, 0.3) is 0 Å². The lowest BCUT2D eigenvalue weighted by Crippen LogP contribution is -2.35. The average Bonchev–Trinajstić information content (AvgIpc) is 3.49. The average molecular weight is 514 g/mol. The molecule has 3 heterocycles. The van der Waals surface area contributed by atoms with Crippen molar-refractivity contribution in [2.45, 2.75) is 19.2 Å². The summed E-state index contributed by atoms with van der Waals surface area (Å²) in [6.45, 7) is 2.41. The third kappa shape index (κ3) is 4.33. The molecule has 1 atom stereocenters. The minimum Gasteiger partial charge on any atom is -0.436 e. The number of sulfone groups is 1. The number of anilines is 2. The van der Waals surface area contributed by atoms with E-state index in [1.807, 2.05) is 65.5 Å². The number of fused-ring (bicyclic) bond motifs is 2. The van der Waals surface area contributed by atoms with Crippen LogP contribution in [0.3, 0.4) is 0 Å². The van der Waals surface area contributed by atoms with Crippen LogP contribution < -0.4 is 10.7 Å². The SMILES string of the molecule is CC1(c2ccc3ncnc(Nc4ccc5c(cnn5Cc5ccccc5)c4)c3c2)NN=C(S(C)(=O)=O)O1. The van der Waals surface area contributed by atoms with Gasteiger partial charge in [-0.25, -0.2) is 18.4 Å². The Morgan fingerprint density at radius 2 is 1.89 bits per heavy atom. The van der Waals surface area contributed by atoms with Crippen molar-refractivity contribution in [3.63, 3.8) is 0 Å². The van der Waals surface area contributed by atoms with Crippen molar-refractivity contribution in [2.75, 3.05) is 11.6 Å². The molecule has 2 aromatic heterocycles. The van der Waals surface area contributed by atoms with Crippen LogP contribution in [0, 0.1) is 0 Å². The van der Waals surface area contributed by atoms with Gasteiger partial charge in [-0.05, 0) is 35.9 Å². The van der Waals surface area contributed by atoms with Gasteiger partial charge in [0.2, 0.25) is 15.6 Å². The van der Waals surface area contributed by atoms with Crippen LogP contribution in [-0.4, -0.2) is 39.7 Å². The molecular weight excluding hydrogens is 490 g/mol. The Morgan fingerprint density at radius 3 is 2.68 bits per heavy atom. The van der Waals surface area contributed by atoms with Crippen LogP contribution in [-0.2, 0) is 26.8 Å². The maximum atomic E-state index is 11.9. The van der Waals surface area contributed by atoms with E-state index in [0.29, 0.717) is 17.9 Å². The second kappa shape index (κ2) is 8.56. The molecule has 186 valence electrons. The standard InChI is InChI=1S/C26H23N7O3S/c1-26(32-31-25(36-26)37(2,34)35)19-8-10-22-21(13-19)24(28-16-27-22)30-20-9-11-23-18(12-20)14-29-33(23)15-17-6-4-3-5-7-17/h3-14,16,32H,15H2,1-2H3,(H,27,28,30). The first-order valence-corrected chi connectivity index (χ1v) is 13.4. The van der Waals surface area contributed by atoms with E-state index in [1.165, 1.54) is 11.9 Å². The largest absolute Gasteiger partial charge is 0.436 e. The third-order valence-corrected chi connectivity index (χ3v) is 7.04. The van der Waals surface area contributed by atoms with Gasteiger partial charge >= 0.3 is 5.23 Å². The smallest absolute Gasteiger partial charge is 0.328 e. The summed E-state index contributed by atoms with van der Waals surface area (Å²) in [6.07, 6.45) is 4.40. The summed E-state index contributed by atoms with van der Waals surface area (Å²) >= 11 is 0. The van der Waals surface area contributed by atoms with Gasteiger partial charge in [0.05, 0.1) is 23.8 Å². The first-order chi connectivity index (χ1) is 17.8. The Hall–Kier alpha value is -4.51. The molecule has 0 radical (unpaired) electrons. The summed E-state index contributed by atoms with van der Waals surface area (Å²) in [4.78, 5) is 8.83. The lowest BCUT2D eigenvalue weighted by Gasteiger charge is -2.24. The number of rotatable bonds is 5. The molecule has 0 amide bonds. The molecule has 5 aromatic rings. The van der Waals surface area contributed by atoms with Crippen molar-refractivity contribution < 1.29 is 13.2 Å². The van der Waals surface area contributed by atoms with E-state index in [4.69, 9.17) is 4.74 Å². The van der Waals surface area contributed by atoms with Crippen molar-refractivity contribution in [1.29, 1.82) is 0 Å². The number of nitrogens with one attached hydrogen (secondary N) is 2. The van der Waals surface area contributed by atoms with Crippen molar-refractivity contribution >= 4 is 48.4 Å². The zero-order chi connectivity index (χ0) is 25.6. The summed E-state index contributed by atoms with van der Waals surface area (Å²) in [5.74, 6) is 0.605. The van der Waals surface area contributed by atoms with Gasteiger partial charge in [-0.2, -0.15) is 5.10 Å². The molecule has 11 heteroatoms. The van der Waals surface area contributed by atoms with Gasteiger partial charge in [-0.3, -0.25) is 10.1 Å². The van der Waals surface area contributed by atoms with Gasteiger partial charge in [0.1, 0.15) is 12.1 Å². The summed E-state index contributed by atoms with van der Waals surface area (Å²) in [5.41, 5.74) is 6.11. The molecular formula is C26H23N7O3S. The highest BCUT2D eigenvalue weighted by Crippen LogP contribution is 2.32. The molecule has 1 aliphatic heterocycles. The zero-order valence-corrected chi connectivity index (χ0v) is 20.9. The molecule has 0 spiro atoms. The molecule has 0 saturated carbocycles. The summed E-state index contributed by atoms with van der Waals surface area (Å²) in [7, 11) is -3.59. The quantitative estimate of drug-likeness (QED) is 0.363. The molecule has 1 unspecified atom stereocenters. The van der Waals surface area contributed by atoms with Crippen molar-refractivity contribution in [2.24, 2.45) is 5.10 Å². The Morgan fingerprint density at radius 1 is 1.05 bits per heavy atom. The molecule has 2 N–H and O–H groups in total. The minimum absolute atomic E-state index is 0.348. The van der Waals surface area contributed by atoms with Crippen LogP contribution in [0.15, 0.2) is 84.4 Å². The Balaban J connectivity index is 1.30. The van der Waals surface area contributed by atoms with E-state index >= 15 is 0 Å². The van der Waals surface area contributed by atoms with Crippen LogP contribution >= 0.6 is 0 Å². The maximum Gasteiger partial charge on any atom is 0.328 e. The highest BCUT2D eigenvalue weighted by molar-refractivity contribution is 8.05. The predicted molar refractivity (Wildman–Crippen MR) is 142 cm³/mol. The molecule has 0 bridgehead atoms. The molecule has 3 aromatic carbocycles. The monoisotopic (exact) mass is 513 g/mol. The topological polar surface area (TPSA) is 123 Å². The van der Waals surface area contributed by atoms with Crippen LogP contribution in [0.1, 0.15) is 18.1 Å². The predicted octanol–water partition coefficient (Wildman–Crippen LogP) is 3.88. The molecule has 6 rings (SSSR count). The number of hydrazone groups is 1. The highest BCUT2D eigenvalue weighted by atomic mass is 32.2. The zero-order valence-electron chi connectivity index (χ0n) is 20.1. The maximum absolute atomic E-state index is 11.9. The lowest BCUT2D eigenvalue weighted by molar-refractivity contribution is 0.0698. The van der Waals surface area contributed by atoms with Gasteiger partial charge in [0, 0.05) is 35.2 Å². The number of ether oxygens (including phenoxy) is 1. The fourth-order valence-electron chi connectivity index (χ4n) is 4.29. The number of nitrogens with zero attached hydrogens (tertiary/aromatic N) is 5. The fourth-order valence-corrected chi connectivity index (χ4v) is 4.82. The summed E-state index contributed by atoms with van der Waals surface area (Å²) in [6, 6.07) is 21.8. The van der Waals surface area contributed by atoms with E-state index in [2.05, 4.69) is 43.0 Å². The first-order valence-electron chi connectivity index (χ1n) is 11.5. The second-order valence-electron chi connectivity index (χ2n) is 9.04. The van der Waals surface area contributed by atoms with E-state index in [-0.39, 0.29) is 5.23 Å². The van der Waals surface area contributed by atoms with E-state index in [9.17, 15) is 8.42 Å². The molecule has 0 aliphatic carbocycles. The number of benzene rings is 3. The van der Waals surface area contributed by atoms with Crippen molar-refractivity contribution in [1.82, 2.24) is 25.2 Å². The molecule has 0 saturated heterocycles. The van der Waals surface area contributed by atoms with Crippen LogP contribution in [0.25, 0.3) is 21.8 Å². The normalized spacial score (nSPS) is 17.4. The van der Waals surface area contributed by atoms with Crippen LogP contribution in [0.4, 0.5) is 11.5 Å². The molecule has 10 nitrogen and oxygen atoms in total. The number of hydrogen-bond acceptors (Lipinski definition) is 9. The number of aromatic nitrogens is 4. The fraction of sp³-hybridized carbons (Fsp3) is 0.154. The molecule has 37 heavy (non-hydrogen) atoms.